The van der Waals surface area contributed by atoms with Gasteiger partial charge in [0.15, 0.2) is 0 Å². The highest BCUT2D eigenvalue weighted by Crippen LogP contribution is 2.09. The number of rotatable bonds is 5. The molecule has 0 saturated heterocycles. The first-order chi connectivity index (χ1) is 9.13. The van der Waals surface area contributed by atoms with Crippen LogP contribution in [0.3, 0.4) is 0 Å². The van der Waals surface area contributed by atoms with Crippen molar-refractivity contribution in [2.24, 2.45) is 0 Å². The zero-order valence-corrected chi connectivity index (χ0v) is 12.5. The standard InChI is InChI=1S/C15H14F2IN/c16-13-7-12(8-14(17)9-13)5-6-19-10-11-1-3-15(18)4-2-11/h1-4,7-9,19H,5-6,10H2. The number of halogens is 3. The van der Waals surface area contributed by atoms with E-state index < -0.39 is 11.6 Å². The monoisotopic (exact) mass is 373 g/mol. The maximum atomic E-state index is 13.0. The third kappa shape index (κ3) is 4.87. The summed E-state index contributed by atoms with van der Waals surface area (Å²) in [6, 6.07) is 11.9. The average Bonchev–Trinajstić information content (AvgIpc) is 2.36. The predicted molar refractivity (Wildman–Crippen MR) is 80.9 cm³/mol. The zero-order chi connectivity index (χ0) is 13.7. The second-order valence-corrected chi connectivity index (χ2v) is 5.58. The van der Waals surface area contributed by atoms with Gasteiger partial charge >= 0.3 is 0 Å². The van der Waals surface area contributed by atoms with Crippen LogP contribution in [0, 0.1) is 15.2 Å². The van der Waals surface area contributed by atoms with Crippen molar-refractivity contribution >= 4 is 22.6 Å². The molecule has 100 valence electrons. The van der Waals surface area contributed by atoms with Crippen LogP contribution in [-0.4, -0.2) is 6.54 Å². The quantitative estimate of drug-likeness (QED) is 0.619. The molecule has 0 aromatic heterocycles. The first kappa shape index (κ1) is 14.4. The number of nitrogens with one attached hydrogen (secondary N) is 1. The molecule has 4 heteroatoms. The fourth-order valence-corrected chi connectivity index (χ4v) is 2.18. The van der Waals surface area contributed by atoms with Crippen LogP contribution in [0.4, 0.5) is 8.78 Å². The molecule has 1 nitrogen and oxygen atoms in total. The molecule has 0 unspecified atom stereocenters. The summed E-state index contributed by atoms with van der Waals surface area (Å²) in [5.41, 5.74) is 1.87. The summed E-state index contributed by atoms with van der Waals surface area (Å²) < 4.78 is 27.2. The lowest BCUT2D eigenvalue weighted by atomic mass is 10.1. The molecule has 0 heterocycles. The van der Waals surface area contributed by atoms with E-state index in [0.29, 0.717) is 18.5 Å². The van der Waals surface area contributed by atoms with E-state index in [9.17, 15) is 8.78 Å². The minimum atomic E-state index is -0.521. The Morgan fingerprint density at radius 2 is 1.53 bits per heavy atom. The normalized spacial score (nSPS) is 10.7. The zero-order valence-electron chi connectivity index (χ0n) is 10.3. The Hall–Kier alpha value is -1.01. The van der Waals surface area contributed by atoms with E-state index in [2.05, 4.69) is 52.2 Å². The molecule has 0 spiro atoms. The van der Waals surface area contributed by atoms with Crippen molar-refractivity contribution < 1.29 is 8.78 Å². The van der Waals surface area contributed by atoms with Crippen LogP contribution in [0.2, 0.25) is 0 Å². The van der Waals surface area contributed by atoms with Crippen molar-refractivity contribution in [1.82, 2.24) is 5.32 Å². The van der Waals surface area contributed by atoms with E-state index in [0.717, 1.165) is 12.6 Å². The predicted octanol–water partition coefficient (Wildman–Crippen LogP) is 3.90. The second kappa shape index (κ2) is 6.96. The molecule has 0 aliphatic heterocycles. The van der Waals surface area contributed by atoms with E-state index in [1.807, 2.05) is 0 Å². The van der Waals surface area contributed by atoms with Crippen LogP contribution in [-0.2, 0) is 13.0 Å². The Balaban J connectivity index is 1.79. The van der Waals surface area contributed by atoms with Gasteiger partial charge in [0.2, 0.25) is 0 Å². The van der Waals surface area contributed by atoms with Crippen molar-refractivity contribution in [3.8, 4) is 0 Å². The average molecular weight is 373 g/mol. The SMILES string of the molecule is Fc1cc(F)cc(CCNCc2ccc(I)cc2)c1. The second-order valence-electron chi connectivity index (χ2n) is 4.33. The molecule has 0 aliphatic rings. The maximum Gasteiger partial charge on any atom is 0.126 e. The summed E-state index contributed by atoms with van der Waals surface area (Å²) in [6.07, 6.45) is 0.610. The molecule has 0 radical (unpaired) electrons. The molecule has 0 saturated carbocycles. The van der Waals surface area contributed by atoms with Gasteiger partial charge in [0.25, 0.3) is 0 Å². The minimum absolute atomic E-state index is 0.521. The Morgan fingerprint density at radius 3 is 2.16 bits per heavy atom. The highest BCUT2D eigenvalue weighted by atomic mass is 127. The van der Waals surface area contributed by atoms with Crippen molar-refractivity contribution in [3.63, 3.8) is 0 Å². The Labute approximate surface area is 125 Å². The molecular formula is C15H14F2IN. The molecule has 0 bridgehead atoms. The van der Waals surface area contributed by atoms with Gasteiger partial charge in [-0.1, -0.05) is 12.1 Å². The Kier molecular flexibility index (Phi) is 5.27. The molecule has 19 heavy (non-hydrogen) atoms. The summed E-state index contributed by atoms with van der Waals surface area (Å²) >= 11 is 2.26. The van der Waals surface area contributed by atoms with Gasteiger partial charge in [-0.25, -0.2) is 8.78 Å². The van der Waals surface area contributed by atoms with E-state index in [4.69, 9.17) is 0 Å². The van der Waals surface area contributed by atoms with Crippen LogP contribution in [0.1, 0.15) is 11.1 Å². The van der Waals surface area contributed by atoms with E-state index in [-0.39, 0.29) is 0 Å². The summed E-state index contributed by atoms with van der Waals surface area (Å²) in [4.78, 5) is 0. The molecule has 2 aromatic rings. The van der Waals surface area contributed by atoms with E-state index in [1.165, 1.54) is 21.3 Å². The van der Waals surface area contributed by atoms with Crippen molar-refractivity contribution in [3.05, 3.63) is 68.8 Å². The fraction of sp³-hybridized carbons (Fsp3) is 0.200. The van der Waals surface area contributed by atoms with Gasteiger partial charge in [-0.2, -0.15) is 0 Å². The molecule has 0 atom stereocenters. The smallest absolute Gasteiger partial charge is 0.126 e. The number of benzene rings is 2. The van der Waals surface area contributed by atoms with Crippen LogP contribution >= 0.6 is 22.6 Å². The summed E-state index contributed by atoms with van der Waals surface area (Å²) in [5.74, 6) is -1.04. The highest BCUT2D eigenvalue weighted by molar-refractivity contribution is 14.1. The van der Waals surface area contributed by atoms with Gasteiger partial charge in [0.1, 0.15) is 11.6 Å². The first-order valence-electron chi connectivity index (χ1n) is 6.03. The maximum absolute atomic E-state index is 13.0. The van der Waals surface area contributed by atoms with E-state index >= 15 is 0 Å². The Bertz CT molecular complexity index is 520. The van der Waals surface area contributed by atoms with Crippen LogP contribution < -0.4 is 5.32 Å². The van der Waals surface area contributed by atoms with Gasteiger partial charge < -0.3 is 5.32 Å². The van der Waals surface area contributed by atoms with Crippen molar-refractivity contribution in [2.75, 3.05) is 6.54 Å². The molecule has 0 fully saturated rings. The third-order valence-corrected chi connectivity index (χ3v) is 3.47. The molecule has 2 rings (SSSR count). The largest absolute Gasteiger partial charge is 0.312 e. The topological polar surface area (TPSA) is 12.0 Å². The van der Waals surface area contributed by atoms with Crippen molar-refractivity contribution in [2.45, 2.75) is 13.0 Å². The third-order valence-electron chi connectivity index (χ3n) is 2.76. The molecule has 2 aromatic carbocycles. The van der Waals surface area contributed by atoms with E-state index in [1.54, 1.807) is 0 Å². The number of hydrogen-bond acceptors (Lipinski definition) is 1. The van der Waals surface area contributed by atoms with Crippen LogP contribution in [0.15, 0.2) is 42.5 Å². The van der Waals surface area contributed by atoms with Gasteiger partial charge in [0, 0.05) is 16.2 Å². The van der Waals surface area contributed by atoms with Gasteiger partial charge in [-0.05, 0) is 70.9 Å². The van der Waals surface area contributed by atoms with Crippen LogP contribution in [0.25, 0.3) is 0 Å². The van der Waals surface area contributed by atoms with Gasteiger partial charge in [-0.3, -0.25) is 0 Å². The van der Waals surface area contributed by atoms with Gasteiger partial charge in [-0.15, -0.1) is 0 Å². The lowest BCUT2D eigenvalue weighted by molar-refractivity contribution is 0.577. The lowest BCUT2D eigenvalue weighted by Crippen LogP contribution is -2.16. The summed E-state index contributed by atoms with van der Waals surface area (Å²) in [7, 11) is 0. The van der Waals surface area contributed by atoms with Gasteiger partial charge in [0.05, 0.1) is 0 Å². The molecule has 0 aliphatic carbocycles. The highest BCUT2D eigenvalue weighted by Gasteiger charge is 2.00. The van der Waals surface area contributed by atoms with Crippen LogP contribution in [0.5, 0.6) is 0 Å². The molecular weight excluding hydrogens is 359 g/mol. The fourth-order valence-electron chi connectivity index (χ4n) is 1.82. The summed E-state index contributed by atoms with van der Waals surface area (Å²) in [5, 5.41) is 3.26. The van der Waals surface area contributed by atoms with Crippen molar-refractivity contribution in [1.29, 1.82) is 0 Å². The number of hydrogen-bond donors (Lipinski definition) is 1. The molecule has 0 amide bonds. The Morgan fingerprint density at radius 1 is 0.895 bits per heavy atom. The summed E-state index contributed by atoms with van der Waals surface area (Å²) in [6.45, 7) is 1.45. The minimum Gasteiger partial charge on any atom is -0.312 e. The lowest BCUT2D eigenvalue weighted by Gasteiger charge is -2.06. The first-order valence-corrected chi connectivity index (χ1v) is 7.11. The molecule has 1 N–H and O–H groups in total.